The van der Waals surface area contributed by atoms with Gasteiger partial charge in [-0.25, -0.2) is 14.2 Å². The molecule has 1 N–H and O–H groups in total. The molecule has 0 saturated heterocycles. The lowest BCUT2D eigenvalue weighted by Crippen LogP contribution is -2.30. The van der Waals surface area contributed by atoms with E-state index in [9.17, 15) is 18.8 Å². The Morgan fingerprint density at radius 1 is 1.03 bits per heavy atom. The van der Waals surface area contributed by atoms with E-state index in [1.807, 2.05) is 0 Å². The Bertz CT molecular complexity index is 1120. The number of nitrogens with one attached hydrogen (secondary N) is 1. The van der Waals surface area contributed by atoms with Gasteiger partial charge in [-0.2, -0.15) is 0 Å². The Balaban J connectivity index is 1.66. The highest BCUT2D eigenvalue weighted by atomic mass is 19.1. The molecule has 8 heteroatoms. The second-order valence-electron chi connectivity index (χ2n) is 6.91. The molecule has 32 heavy (non-hydrogen) atoms. The number of benzene rings is 2. The molecule has 0 aliphatic carbocycles. The number of carbonyl (C=O) groups excluding carboxylic acids is 3. The van der Waals surface area contributed by atoms with Gasteiger partial charge in [-0.1, -0.05) is 18.2 Å². The maximum absolute atomic E-state index is 13.3. The van der Waals surface area contributed by atoms with Gasteiger partial charge in [0.05, 0.1) is 23.4 Å². The lowest BCUT2D eigenvalue weighted by atomic mass is 10.0. The molecule has 2 aromatic carbocycles. The van der Waals surface area contributed by atoms with Gasteiger partial charge in [0.2, 0.25) is 0 Å². The van der Waals surface area contributed by atoms with Gasteiger partial charge >= 0.3 is 11.9 Å². The standard InChI is InChI=1S/C24H23FN2O5/c1-2-31-23(29)8-5-13-26-22(28)15-32-24(30)19-14-21(16-9-11-17(25)12-10-16)27-20-7-4-3-6-18(19)20/h3-4,6-7,9-12,14H,2,5,8,13,15H2,1H3,(H,26,28). The highest BCUT2D eigenvalue weighted by Gasteiger charge is 2.16. The summed E-state index contributed by atoms with van der Waals surface area (Å²) < 4.78 is 23.3. The molecule has 1 amide bonds. The van der Waals surface area contributed by atoms with Crippen LogP contribution in [0.15, 0.2) is 54.6 Å². The quantitative estimate of drug-likeness (QED) is 0.405. The molecule has 166 valence electrons. The average molecular weight is 438 g/mol. The zero-order valence-corrected chi connectivity index (χ0v) is 17.6. The SMILES string of the molecule is CCOC(=O)CCCNC(=O)COC(=O)c1cc(-c2ccc(F)cc2)nc2ccccc12. The Morgan fingerprint density at radius 2 is 1.78 bits per heavy atom. The fourth-order valence-electron chi connectivity index (χ4n) is 3.07. The van der Waals surface area contributed by atoms with Crippen LogP contribution in [-0.2, 0) is 19.1 Å². The number of rotatable bonds is 9. The maximum Gasteiger partial charge on any atom is 0.339 e. The molecule has 7 nitrogen and oxygen atoms in total. The smallest absolute Gasteiger partial charge is 0.339 e. The second kappa shape index (κ2) is 11.0. The second-order valence-corrected chi connectivity index (χ2v) is 6.91. The third-order valence-corrected chi connectivity index (χ3v) is 4.60. The summed E-state index contributed by atoms with van der Waals surface area (Å²) in [6.07, 6.45) is 0.623. The monoisotopic (exact) mass is 438 g/mol. The summed E-state index contributed by atoms with van der Waals surface area (Å²) in [4.78, 5) is 40.6. The Kier molecular flexibility index (Phi) is 7.85. The first-order chi connectivity index (χ1) is 15.5. The van der Waals surface area contributed by atoms with Crippen LogP contribution in [0.2, 0.25) is 0 Å². The lowest BCUT2D eigenvalue weighted by Gasteiger charge is -2.10. The third kappa shape index (κ3) is 6.10. The Labute approximate surface area is 184 Å². The van der Waals surface area contributed by atoms with Crippen molar-refractivity contribution in [3.8, 4) is 11.3 Å². The van der Waals surface area contributed by atoms with Gasteiger partial charge in [0.25, 0.3) is 5.91 Å². The van der Waals surface area contributed by atoms with E-state index in [1.165, 1.54) is 12.1 Å². The number of aromatic nitrogens is 1. The number of hydrogen-bond donors (Lipinski definition) is 1. The van der Waals surface area contributed by atoms with Crippen molar-refractivity contribution >= 4 is 28.7 Å². The van der Waals surface area contributed by atoms with Crippen molar-refractivity contribution in [2.24, 2.45) is 0 Å². The van der Waals surface area contributed by atoms with Crippen LogP contribution in [0.4, 0.5) is 4.39 Å². The van der Waals surface area contributed by atoms with Crippen LogP contribution in [0.1, 0.15) is 30.1 Å². The molecule has 3 rings (SSSR count). The number of fused-ring (bicyclic) bond motifs is 1. The molecule has 3 aromatic rings. The molecular formula is C24H23FN2O5. The van der Waals surface area contributed by atoms with Crippen LogP contribution in [0.25, 0.3) is 22.2 Å². The maximum atomic E-state index is 13.3. The van der Waals surface area contributed by atoms with Crippen LogP contribution < -0.4 is 5.32 Å². The summed E-state index contributed by atoms with van der Waals surface area (Å²) >= 11 is 0. The summed E-state index contributed by atoms with van der Waals surface area (Å²) in [5.74, 6) is -1.84. The number of para-hydroxylation sites is 1. The zero-order chi connectivity index (χ0) is 22.9. The molecular weight excluding hydrogens is 415 g/mol. The largest absolute Gasteiger partial charge is 0.466 e. The molecule has 0 spiro atoms. The summed E-state index contributed by atoms with van der Waals surface area (Å²) in [5, 5.41) is 3.18. The normalized spacial score (nSPS) is 10.6. The van der Waals surface area contributed by atoms with Gasteiger partial charge in [0.1, 0.15) is 5.82 Å². The number of nitrogens with zero attached hydrogens (tertiary/aromatic N) is 1. The van der Waals surface area contributed by atoms with Crippen LogP contribution >= 0.6 is 0 Å². The minimum atomic E-state index is -0.673. The fourth-order valence-corrected chi connectivity index (χ4v) is 3.07. The number of esters is 2. The molecule has 0 aliphatic rings. The first kappa shape index (κ1) is 22.9. The molecule has 0 fully saturated rings. The van der Waals surface area contributed by atoms with Gasteiger partial charge in [-0.3, -0.25) is 9.59 Å². The van der Waals surface area contributed by atoms with Crippen molar-refractivity contribution in [1.82, 2.24) is 10.3 Å². The lowest BCUT2D eigenvalue weighted by molar-refractivity contribution is -0.143. The van der Waals surface area contributed by atoms with E-state index in [4.69, 9.17) is 9.47 Å². The van der Waals surface area contributed by atoms with Crippen molar-refractivity contribution in [3.63, 3.8) is 0 Å². The molecule has 0 bridgehead atoms. The highest BCUT2D eigenvalue weighted by molar-refractivity contribution is 6.05. The van der Waals surface area contributed by atoms with Crippen LogP contribution in [0.3, 0.4) is 0 Å². The molecule has 0 saturated carbocycles. The average Bonchev–Trinajstić information content (AvgIpc) is 2.80. The number of carbonyl (C=O) groups is 3. The van der Waals surface area contributed by atoms with E-state index in [0.29, 0.717) is 35.2 Å². The minimum Gasteiger partial charge on any atom is -0.466 e. The number of halogens is 1. The first-order valence-corrected chi connectivity index (χ1v) is 10.2. The molecule has 0 aliphatic heterocycles. The summed E-state index contributed by atoms with van der Waals surface area (Å²) in [6, 6.07) is 14.4. The molecule has 1 aromatic heterocycles. The van der Waals surface area contributed by atoms with E-state index in [1.54, 1.807) is 49.4 Å². The van der Waals surface area contributed by atoms with Crippen molar-refractivity contribution in [2.75, 3.05) is 19.8 Å². The summed E-state index contributed by atoms with van der Waals surface area (Å²) in [7, 11) is 0. The number of amides is 1. The molecule has 0 atom stereocenters. The van der Waals surface area contributed by atoms with Crippen molar-refractivity contribution in [1.29, 1.82) is 0 Å². The zero-order valence-electron chi connectivity index (χ0n) is 17.6. The van der Waals surface area contributed by atoms with Crippen LogP contribution in [0, 0.1) is 5.82 Å². The molecule has 0 radical (unpaired) electrons. The van der Waals surface area contributed by atoms with Crippen molar-refractivity contribution in [3.05, 3.63) is 66.0 Å². The van der Waals surface area contributed by atoms with E-state index >= 15 is 0 Å². The van der Waals surface area contributed by atoms with E-state index < -0.39 is 18.5 Å². The predicted molar refractivity (Wildman–Crippen MR) is 116 cm³/mol. The highest BCUT2D eigenvalue weighted by Crippen LogP contribution is 2.25. The van der Waals surface area contributed by atoms with Gasteiger partial charge in [-0.15, -0.1) is 0 Å². The minimum absolute atomic E-state index is 0.197. The third-order valence-electron chi connectivity index (χ3n) is 4.60. The Hall–Kier alpha value is -3.81. The van der Waals surface area contributed by atoms with Gasteiger partial charge in [-0.05, 0) is 49.7 Å². The van der Waals surface area contributed by atoms with Gasteiger partial charge in [0.15, 0.2) is 6.61 Å². The van der Waals surface area contributed by atoms with Crippen LogP contribution in [-0.4, -0.2) is 42.6 Å². The topological polar surface area (TPSA) is 94.6 Å². The van der Waals surface area contributed by atoms with E-state index in [0.717, 1.165) is 0 Å². The fraction of sp³-hybridized carbons (Fsp3) is 0.250. The first-order valence-electron chi connectivity index (χ1n) is 10.2. The van der Waals surface area contributed by atoms with E-state index in [-0.39, 0.29) is 30.3 Å². The van der Waals surface area contributed by atoms with Gasteiger partial charge < -0.3 is 14.8 Å². The summed E-state index contributed by atoms with van der Waals surface area (Å²) in [5.41, 5.74) is 1.96. The van der Waals surface area contributed by atoms with Gasteiger partial charge in [0, 0.05) is 23.9 Å². The van der Waals surface area contributed by atoms with Crippen LogP contribution in [0.5, 0.6) is 0 Å². The number of pyridine rings is 1. The molecule has 0 unspecified atom stereocenters. The van der Waals surface area contributed by atoms with Crippen molar-refractivity contribution in [2.45, 2.75) is 19.8 Å². The van der Waals surface area contributed by atoms with E-state index in [2.05, 4.69) is 10.3 Å². The molecule has 1 heterocycles. The number of hydrogen-bond acceptors (Lipinski definition) is 6. The summed E-state index contributed by atoms with van der Waals surface area (Å²) in [6.45, 7) is 1.85. The Morgan fingerprint density at radius 3 is 2.53 bits per heavy atom. The predicted octanol–water partition coefficient (Wildman–Crippen LogP) is 3.66. The number of ether oxygens (including phenoxy) is 2. The van der Waals surface area contributed by atoms with Crippen molar-refractivity contribution < 1.29 is 28.2 Å².